The van der Waals surface area contributed by atoms with Crippen molar-refractivity contribution in [2.75, 3.05) is 20.3 Å². The smallest absolute Gasteiger partial charge is 0.150 e. The van der Waals surface area contributed by atoms with Crippen LogP contribution in [0.5, 0.6) is 11.5 Å². The monoisotopic (exact) mass is 424 g/mol. The van der Waals surface area contributed by atoms with Gasteiger partial charge in [-0.25, -0.2) is 0 Å². The zero-order valence-corrected chi connectivity index (χ0v) is 18.4. The van der Waals surface area contributed by atoms with Gasteiger partial charge in [0.15, 0.2) is 0 Å². The number of fused-ring (bicyclic) bond motifs is 1. The third kappa shape index (κ3) is 5.25. The third-order valence-electron chi connectivity index (χ3n) is 6.21. The van der Waals surface area contributed by atoms with Gasteiger partial charge in [0.05, 0.1) is 0 Å². The summed E-state index contributed by atoms with van der Waals surface area (Å²) in [5, 5.41) is 10.00. The van der Waals surface area contributed by atoms with E-state index < -0.39 is 0 Å². The van der Waals surface area contributed by atoms with Crippen LogP contribution in [0.3, 0.4) is 0 Å². The van der Waals surface area contributed by atoms with Gasteiger partial charge >= 0.3 is 0 Å². The fraction of sp³-hybridized carbons (Fsp3) is 0.310. The molecule has 2 aromatic carbocycles. The molecule has 3 heteroatoms. The average Bonchev–Trinajstić information content (AvgIpc) is 2.83. The van der Waals surface area contributed by atoms with E-state index in [1.165, 1.54) is 16.7 Å². The second kappa shape index (κ2) is 10.8. The Bertz CT molecular complexity index is 1100. The van der Waals surface area contributed by atoms with E-state index in [2.05, 4.69) is 66.2 Å². The Morgan fingerprint density at radius 3 is 2.56 bits per heavy atom. The maximum absolute atomic E-state index is 10.00. The molecule has 4 rings (SSSR count). The number of ether oxygens (including phenoxy) is 2. The average molecular weight is 425 g/mol. The first kappa shape index (κ1) is 21.8. The Labute approximate surface area is 190 Å². The standard InChI is InChI=1S/C29H28O3/c1-31-19-7-2-3-8-20-32-26-15-11-23(12-16-26)29-27(22-9-5-4-6-10-22)17-13-24-21-25(30)14-18-28(24)29/h4-6,9,11-12,14-16,18,21-22,27,29-30H,10,13,17,19-20H2,1H3. The first-order chi connectivity index (χ1) is 15.8. The van der Waals surface area contributed by atoms with Crippen LogP contribution in [0.2, 0.25) is 0 Å². The van der Waals surface area contributed by atoms with E-state index in [0.29, 0.717) is 36.7 Å². The first-order valence-electron chi connectivity index (χ1n) is 11.1. The SMILES string of the molecule is COCC#CC#CCOc1ccc(C2c3ccc(O)cc3CCC2C2C=CC=CC2)cc1. The first-order valence-corrected chi connectivity index (χ1v) is 11.1. The summed E-state index contributed by atoms with van der Waals surface area (Å²) in [5.74, 6) is 13.7. The molecule has 0 aliphatic heterocycles. The molecule has 3 atom stereocenters. The van der Waals surface area contributed by atoms with Crippen molar-refractivity contribution in [2.24, 2.45) is 11.8 Å². The lowest BCUT2D eigenvalue weighted by molar-refractivity contribution is 0.240. The van der Waals surface area contributed by atoms with E-state index >= 15 is 0 Å². The number of aryl methyl sites for hydroxylation is 1. The fourth-order valence-electron chi connectivity index (χ4n) is 4.76. The molecule has 3 nitrogen and oxygen atoms in total. The van der Waals surface area contributed by atoms with Crippen LogP contribution in [0.15, 0.2) is 66.8 Å². The lowest BCUT2D eigenvalue weighted by Crippen LogP contribution is -2.27. The maximum atomic E-state index is 10.00. The van der Waals surface area contributed by atoms with E-state index in [9.17, 15) is 5.11 Å². The summed E-state index contributed by atoms with van der Waals surface area (Å²) < 4.78 is 10.6. The van der Waals surface area contributed by atoms with Gasteiger partial charge in [-0.2, -0.15) is 0 Å². The third-order valence-corrected chi connectivity index (χ3v) is 6.21. The second-order valence-electron chi connectivity index (χ2n) is 8.17. The van der Waals surface area contributed by atoms with Crippen molar-refractivity contribution in [1.29, 1.82) is 0 Å². The largest absolute Gasteiger partial charge is 0.508 e. The summed E-state index contributed by atoms with van der Waals surface area (Å²) >= 11 is 0. The van der Waals surface area contributed by atoms with Crippen LogP contribution in [0, 0.1) is 35.5 Å². The number of hydrogen-bond acceptors (Lipinski definition) is 3. The van der Waals surface area contributed by atoms with E-state index in [-0.39, 0.29) is 0 Å². The lowest BCUT2D eigenvalue weighted by Gasteiger charge is -2.38. The molecule has 0 fully saturated rings. The van der Waals surface area contributed by atoms with Crippen molar-refractivity contribution in [1.82, 2.24) is 0 Å². The molecule has 2 aliphatic rings. The van der Waals surface area contributed by atoms with Gasteiger partial charge in [-0.15, -0.1) is 0 Å². The fourth-order valence-corrected chi connectivity index (χ4v) is 4.76. The molecule has 0 spiro atoms. The predicted octanol–water partition coefficient (Wildman–Crippen LogP) is 5.25. The van der Waals surface area contributed by atoms with Crippen LogP contribution in [-0.2, 0) is 11.2 Å². The van der Waals surface area contributed by atoms with E-state index in [1.54, 1.807) is 7.11 Å². The van der Waals surface area contributed by atoms with Crippen molar-refractivity contribution in [3.8, 4) is 35.2 Å². The second-order valence-corrected chi connectivity index (χ2v) is 8.17. The van der Waals surface area contributed by atoms with Crippen LogP contribution in [0.1, 0.15) is 35.4 Å². The molecule has 162 valence electrons. The molecular weight excluding hydrogens is 396 g/mol. The molecular formula is C29H28O3. The predicted molar refractivity (Wildman–Crippen MR) is 128 cm³/mol. The highest BCUT2D eigenvalue weighted by atomic mass is 16.5. The van der Waals surface area contributed by atoms with Gasteiger partial charge in [-0.3, -0.25) is 0 Å². The number of hydrogen-bond donors (Lipinski definition) is 1. The number of benzene rings is 2. The van der Waals surface area contributed by atoms with Gasteiger partial charge in [0.25, 0.3) is 0 Å². The number of allylic oxidation sites excluding steroid dienone is 4. The minimum absolute atomic E-state index is 0.297. The maximum Gasteiger partial charge on any atom is 0.150 e. The highest BCUT2D eigenvalue weighted by molar-refractivity contribution is 5.46. The minimum atomic E-state index is 0.297. The normalized spacial score (nSPS) is 21.0. The lowest BCUT2D eigenvalue weighted by atomic mass is 9.66. The molecule has 3 unspecified atom stereocenters. The van der Waals surface area contributed by atoms with Crippen molar-refractivity contribution in [3.63, 3.8) is 0 Å². The zero-order chi connectivity index (χ0) is 22.2. The van der Waals surface area contributed by atoms with Crippen LogP contribution in [0.4, 0.5) is 0 Å². The van der Waals surface area contributed by atoms with Crippen LogP contribution in [0.25, 0.3) is 0 Å². The van der Waals surface area contributed by atoms with E-state index in [1.807, 2.05) is 24.3 Å². The Morgan fingerprint density at radius 2 is 1.81 bits per heavy atom. The summed E-state index contributed by atoms with van der Waals surface area (Å²) in [6, 6.07) is 14.2. The summed E-state index contributed by atoms with van der Waals surface area (Å²) in [5.41, 5.74) is 3.87. The van der Waals surface area contributed by atoms with Crippen LogP contribution >= 0.6 is 0 Å². The number of aromatic hydroxyl groups is 1. The number of phenols is 1. The van der Waals surface area contributed by atoms with Gasteiger partial charge in [0.2, 0.25) is 0 Å². The van der Waals surface area contributed by atoms with Crippen molar-refractivity contribution < 1.29 is 14.6 Å². The molecule has 2 aromatic rings. The van der Waals surface area contributed by atoms with Crippen LogP contribution in [-0.4, -0.2) is 25.4 Å². The van der Waals surface area contributed by atoms with Gasteiger partial charge in [-0.1, -0.05) is 48.4 Å². The molecule has 0 heterocycles. The highest BCUT2D eigenvalue weighted by Gasteiger charge is 2.35. The summed E-state index contributed by atoms with van der Waals surface area (Å²) in [7, 11) is 1.61. The zero-order valence-electron chi connectivity index (χ0n) is 18.4. The Hall–Kier alpha value is -3.40. The highest BCUT2D eigenvalue weighted by Crippen LogP contribution is 2.46. The molecule has 2 aliphatic carbocycles. The molecule has 0 bridgehead atoms. The van der Waals surface area contributed by atoms with Gasteiger partial charge in [-0.05, 0) is 89.8 Å². The molecule has 0 amide bonds. The van der Waals surface area contributed by atoms with E-state index in [0.717, 1.165) is 25.0 Å². The molecule has 32 heavy (non-hydrogen) atoms. The van der Waals surface area contributed by atoms with Gasteiger partial charge < -0.3 is 14.6 Å². The van der Waals surface area contributed by atoms with Crippen molar-refractivity contribution in [3.05, 3.63) is 83.5 Å². The summed E-state index contributed by atoms with van der Waals surface area (Å²) in [6.07, 6.45) is 12.1. The number of methoxy groups -OCH3 is 1. The van der Waals surface area contributed by atoms with Crippen molar-refractivity contribution >= 4 is 0 Å². The van der Waals surface area contributed by atoms with E-state index in [4.69, 9.17) is 9.47 Å². The Balaban J connectivity index is 1.53. The quantitative estimate of drug-likeness (QED) is 0.666. The van der Waals surface area contributed by atoms with Crippen molar-refractivity contribution in [2.45, 2.75) is 25.2 Å². The minimum Gasteiger partial charge on any atom is -0.508 e. The summed E-state index contributed by atoms with van der Waals surface area (Å²) in [4.78, 5) is 0. The molecule has 0 saturated heterocycles. The van der Waals surface area contributed by atoms with Gasteiger partial charge in [0.1, 0.15) is 24.7 Å². The molecule has 0 radical (unpaired) electrons. The number of rotatable bonds is 5. The van der Waals surface area contributed by atoms with Gasteiger partial charge in [0, 0.05) is 13.0 Å². The molecule has 0 aromatic heterocycles. The molecule has 1 N–H and O–H groups in total. The van der Waals surface area contributed by atoms with Crippen LogP contribution < -0.4 is 4.74 Å². The molecule has 0 saturated carbocycles. The number of phenolic OH excluding ortho intramolecular Hbond substituents is 1. The topological polar surface area (TPSA) is 38.7 Å². The Morgan fingerprint density at radius 1 is 1.00 bits per heavy atom. The summed E-state index contributed by atoms with van der Waals surface area (Å²) in [6.45, 7) is 0.684. The Kier molecular flexibility index (Phi) is 7.34.